The van der Waals surface area contributed by atoms with Gasteiger partial charge >= 0.3 is 0 Å². The molecule has 20 heavy (non-hydrogen) atoms. The number of nitrogens with two attached hydrogens (primary N) is 1. The van der Waals surface area contributed by atoms with Gasteiger partial charge in [-0.3, -0.25) is 4.79 Å². The smallest absolute Gasteiger partial charge is 0.222 e. The van der Waals surface area contributed by atoms with Crippen molar-refractivity contribution in [1.82, 2.24) is 4.90 Å². The lowest BCUT2D eigenvalue weighted by atomic mass is 9.85. The predicted octanol–water partition coefficient (Wildman–Crippen LogP) is 2.86. The quantitative estimate of drug-likeness (QED) is 0.924. The summed E-state index contributed by atoms with van der Waals surface area (Å²) in [6.45, 7) is 5.65. The number of carbonyl (C=O) groups is 1. The van der Waals surface area contributed by atoms with Gasteiger partial charge in [-0.25, -0.2) is 4.39 Å². The van der Waals surface area contributed by atoms with Crippen molar-refractivity contribution in [2.45, 2.75) is 39.2 Å². The molecule has 0 saturated carbocycles. The van der Waals surface area contributed by atoms with Crippen LogP contribution >= 0.6 is 0 Å². The zero-order valence-electron chi connectivity index (χ0n) is 12.2. The van der Waals surface area contributed by atoms with Crippen LogP contribution < -0.4 is 5.73 Å². The zero-order valence-corrected chi connectivity index (χ0v) is 12.2. The van der Waals surface area contributed by atoms with Gasteiger partial charge in [-0.1, -0.05) is 26.0 Å². The average Bonchev–Trinajstić information content (AvgIpc) is 2.52. The highest BCUT2D eigenvalue weighted by Crippen LogP contribution is 2.30. The van der Waals surface area contributed by atoms with Crippen molar-refractivity contribution in [2.24, 2.45) is 11.1 Å². The van der Waals surface area contributed by atoms with Gasteiger partial charge in [0, 0.05) is 25.6 Å². The van der Waals surface area contributed by atoms with E-state index in [1.807, 2.05) is 4.90 Å². The second-order valence-corrected chi connectivity index (χ2v) is 6.41. The molecule has 1 amide bonds. The Hall–Kier alpha value is -1.42. The summed E-state index contributed by atoms with van der Waals surface area (Å²) in [5.41, 5.74) is 7.22. The van der Waals surface area contributed by atoms with Crippen molar-refractivity contribution >= 4 is 5.91 Å². The monoisotopic (exact) mass is 278 g/mol. The Bertz CT molecular complexity index is 470. The van der Waals surface area contributed by atoms with Gasteiger partial charge < -0.3 is 10.6 Å². The maximum atomic E-state index is 12.9. The SMILES string of the molecule is CC1(C)CCC(=O)N(CC(N)c2ccc(F)cc2)CC1. The minimum atomic E-state index is -0.270. The van der Waals surface area contributed by atoms with Crippen LogP contribution in [0.25, 0.3) is 0 Å². The molecule has 0 radical (unpaired) electrons. The van der Waals surface area contributed by atoms with Crippen molar-refractivity contribution in [3.8, 4) is 0 Å². The fourth-order valence-corrected chi connectivity index (χ4v) is 2.54. The second kappa shape index (κ2) is 5.92. The van der Waals surface area contributed by atoms with Gasteiger partial charge in [-0.2, -0.15) is 0 Å². The van der Waals surface area contributed by atoms with E-state index >= 15 is 0 Å². The third-order valence-electron chi connectivity index (χ3n) is 4.14. The molecule has 0 bridgehead atoms. The molecule has 1 saturated heterocycles. The van der Waals surface area contributed by atoms with Crippen molar-refractivity contribution in [3.63, 3.8) is 0 Å². The molecule has 1 aliphatic heterocycles. The van der Waals surface area contributed by atoms with E-state index in [9.17, 15) is 9.18 Å². The van der Waals surface area contributed by atoms with Gasteiger partial charge in [-0.15, -0.1) is 0 Å². The van der Waals surface area contributed by atoms with E-state index in [-0.39, 0.29) is 23.2 Å². The van der Waals surface area contributed by atoms with Gasteiger partial charge in [0.2, 0.25) is 5.91 Å². The lowest BCUT2D eigenvalue weighted by Gasteiger charge is -2.26. The van der Waals surface area contributed by atoms with Gasteiger partial charge in [0.05, 0.1) is 0 Å². The topological polar surface area (TPSA) is 46.3 Å². The number of carbonyl (C=O) groups excluding carboxylic acids is 1. The third kappa shape index (κ3) is 3.79. The molecular formula is C16H23FN2O. The standard InChI is InChI=1S/C16H23FN2O/c1-16(2)8-7-15(20)19(10-9-16)11-14(18)12-3-5-13(17)6-4-12/h3-6,14H,7-11,18H2,1-2H3. The number of nitrogens with zero attached hydrogens (tertiary/aromatic N) is 1. The normalized spacial score (nSPS) is 20.6. The molecule has 2 N–H and O–H groups in total. The molecule has 2 rings (SSSR count). The molecule has 3 nitrogen and oxygen atoms in total. The van der Waals surface area contributed by atoms with Crippen LogP contribution in [0.2, 0.25) is 0 Å². The van der Waals surface area contributed by atoms with Crippen LogP contribution in [0.5, 0.6) is 0 Å². The molecule has 1 aliphatic rings. The first-order chi connectivity index (χ1) is 9.37. The number of hydrogen-bond acceptors (Lipinski definition) is 2. The highest BCUT2D eigenvalue weighted by molar-refractivity contribution is 5.76. The minimum absolute atomic E-state index is 0.174. The molecule has 1 unspecified atom stereocenters. The van der Waals surface area contributed by atoms with Crippen LogP contribution in [0.4, 0.5) is 4.39 Å². The van der Waals surface area contributed by atoms with Gasteiger partial charge in [0.1, 0.15) is 5.82 Å². The van der Waals surface area contributed by atoms with Crippen molar-refractivity contribution in [2.75, 3.05) is 13.1 Å². The first-order valence-electron chi connectivity index (χ1n) is 7.16. The van der Waals surface area contributed by atoms with Gasteiger partial charge in [0.15, 0.2) is 0 Å². The average molecular weight is 278 g/mol. The van der Waals surface area contributed by atoms with Crippen molar-refractivity contribution in [1.29, 1.82) is 0 Å². The number of halogens is 1. The number of likely N-dealkylation sites (tertiary alicyclic amines) is 1. The molecule has 0 aliphatic carbocycles. The van der Waals surface area contributed by atoms with Crippen LogP contribution in [0.1, 0.15) is 44.7 Å². The van der Waals surface area contributed by atoms with E-state index in [0.717, 1.165) is 24.9 Å². The summed E-state index contributed by atoms with van der Waals surface area (Å²) in [4.78, 5) is 14.0. The van der Waals surface area contributed by atoms with Gasteiger partial charge in [-0.05, 0) is 36.0 Å². The summed E-state index contributed by atoms with van der Waals surface area (Å²) >= 11 is 0. The minimum Gasteiger partial charge on any atom is -0.341 e. The van der Waals surface area contributed by atoms with Crippen LogP contribution in [-0.4, -0.2) is 23.9 Å². The largest absolute Gasteiger partial charge is 0.341 e. The van der Waals surface area contributed by atoms with Crippen LogP contribution in [-0.2, 0) is 4.79 Å². The molecule has 1 aromatic rings. The number of rotatable bonds is 3. The maximum absolute atomic E-state index is 12.9. The molecule has 0 spiro atoms. The summed E-state index contributed by atoms with van der Waals surface area (Å²) in [6, 6.07) is 5.92. The Morgan fingerprint density at radius 1 is 1.30 bits per heavy atom. The van der Waals surface area contributed by atoms with Crippen LogP contribution in [0, 0.1) is 11.2 Å². The Morgan fingerprint density at radius 3 is 2.60 bits per heavy atom. The fraction of sp³-hybridized carbons (Fsp3) is 0.562. The summed E-state index contributed by atoms with van der Waals surface area (Å²) in [7, 11) is 0. The summed E-state index contributed by atoms with van der Waals surface area (Å²) in [5, 5.41) is 0. The Morgan fingerprint density at radius 2 is 1.95 bits per heavy atom. The number of hydrogen-bond donors (Lipinski definition) is 1. The number of benzene rings is 1. The van der Waals surface area contributed by atoms with E-state index < -0.39 is 0 Å². The molecule has 1 atom stereocenters. The van der Waals surface area contributed by atoms with Crippen LogP contribution in [0.15, 0.2) is 24.3 Å². The molecular weight excluding hydrogens is 255 g/mol. The number of amides is 1. The van der Waals surface area contributed by atoms with E-state index in [0.29, 0.717) is 13.0 Å². The Balaban J connectivity index is 2.01. The van der Waals surface area contributed by atoms with E-state index in [2.05, 4.69) is 13.8 Å². The Kier molecular flexibility index (Phi) is 4.43. The van der Waals surface area contributed by atoms with Crippen LogP contribution in [0.3, 0.4) is 0 Å². The predicted molar refractivity (Wildman–Crippen MR) is 77.5 cm³/mol. The van der Waals surface area contributed by atoms with Crippen molar-refractivity contribution in [3.05, 3.63) is 35.6 Å². The molecule has 0 aromatic heterocycles. The summed E-state index contributed by atoms with van der Waals surface area (Å²) in [6.07, 6.45) is 2.51. The zero-order chi connectivity index (χ0) is 14.8. The highest BCUT2D eigenvalue weighted by Gasteiger charge is 2.28. The molecule has 1 fully saturated rings. The second-order valence-electron chi connectivity index (χ2n) is 6.41. The molecule has 1 heterocycles. The lowest BCUT2D eigenvalue weighted by molar-refractivity contribution is -0.131. The van der Waals surface area contributed by atoms with Gasteiger partial charge in [0.25, 0.3) is 0 Å². The molecule has 1 aromatic carbocycles. The lowest BCUT2D eigenvalue weighted by Crippen LogP contribution is -2.37. The van der Waals surface area contributed by atoms with E-state index in [4.69, 9.17) is 5.73 Å². The first kappa shape index (κ1) is 15.0. The van der Waals surface area contributed by atoms with Crippen molar-refractivity contribution < 1.29 is 9.18 Å². The van der Waals surface area contributed by atoms with E-state index in [1.165, 1.54) is 12.1 Å². The highest BCUT2D eigenvalue weighted by atomic mass is 19.1. The maximum Gasteiger partial charge on any atom is 0.222 e. The molecule has 110 valence electrons. The fourth-order valence-electron chi connectivity index (χ4n) is 2.54. The first-order valence-corrected chi connectivity index (χ1v) is 7.16. The summed E-state index contributed by atoms with van der Waals surface area (Å²) < 4.78 is 12.9. The third-order valence-corrected chi connectivity index (χ3v) is 4.14. The summed E-state index contributed by atoms with van der Waals surface area (Å²) in [5.74, 6) is -0.0957. The van der Waals surface area contributed by atoms with E-state index in [1.54, 1.807) is 12.1 Å². The Labute approximate surface area is 120 Å². The molecule has 4 heteroatoms.